The van der Waals surface area contributed by atoms with E-state index in [0.717, 1.165) is 34.6 Å². The van der Waals surface area contributed by atoms with Gasteiger partial charge in [-0.2, -0.15) is 10.1 Å². The van der Waals surface area contributed by atoms with Crippen molar-refractivity contribution in [1.82, 2.24) is 10.3 Å². The summed E-state index contributed by atoms with van der Waals surface area (Å²) in [4.78, 5) is 28.4. The molecule has 188 valence electrons. The van der Waals surface area contributed by atoms with Crippen molar-refractivity contribution in [1.29, 1.82) is 0 Å². The Labute approximate surface area is 223 Å². The number of ether oxygens (including phenoxy) is 1. The van der Waals surface area contributed by atoms with Crippen LogP contribution in [0, 0.1) is 5.92 Å². The maximum Gasteiger partial charge on any atom is 0.348 e. The number of hydrazone groups is 1. The Morgan fingerprint density at radius 2 is 1.75 bits per heavy atom. The monoisotopic (exact) mass is 544 g/mol. The van der Waals surface area contributed by atoms with Crippen molar-refractivity contribution in [3.05, 3.63) is 91.0 Å². The molecule has 1 saturated heterocycles. The van der Waals surface area contributed by atoms with E-state index in [1.54, 1.807) is 6.92 Å². The van der Waals surface area contributed by atoms with Gasteiger partial charge in [-0.3, -0.25) is 10.2 Å². The van der Waals surface area contributed by atoms with E-state index < -0.39 is 11.5 Å². The molecule has 2 heterocycles. The smallest absolute Gasteiger partial charge is 0.348 e. The van der Waals surface area contributed by atoms with Crippen molar-refractivity contribution in [2.24, 2.45) is 11.0 Å². The summed E-state index contributed by atoms with van der Waals surface area (Å²) >= 11 is 13.3. The Morgan fingerprint density at radius 3 is 2.36 bits per heavy atom. The van der Waals surface area contributed by atoms with E-state index in [0.29, 0.717) is 16.5 Å². The third kappa shape index (κ3) is 6.31. The number of hydrogen-bond acceptors (Lipinski definition) is 8. The van der Waals surface area contributed by atoms with Gasteiger partial charge in [0.05, 0.1) is 6.61 Å². The predicted molar refractivity (Wildman–Crippen MR) is 145 cm³/mol. The third-order valence-electron chi connectivity index (χ3n) is 6.01. The van der Waals surface area contributed by atoms with E-state index >= 15 is 0 Å². The summed E-state index contributed by atoms with van der Waals surface area (Å²) in [6.45, 7) is 4.05. The van der Waals surface area contributed by atoms with Gasteiger partial charge < -0.3 is 10.1 Å². The molecule has 1 aliphatic rings. The molecule has 7 nitrogen and oxygen atoms in total. The Morgan fingerprint density at radius 1 is 1.11 bits per heavy atom. The highest BCUT2D eigenvalue weighted by Gasteiger charge is 2.35. The minimum atomic E-state index is -0.559. The number of carbonyl (C=O) groups excluding carboxylic acids is 1. The van der Waals surface area contributed by atoms with Gasteiger partial charge in [-0.25, -0.2) is 4.79 Å². The number of nitrogens with zero attached hydrogens (tertiary/aromatic N) is 2. The molecule has 0 amide bonds. The second-order valence-electron chi connectivity index (χ2n) is 8.32. The lowest BCUT2D eigenvalue weighted by Crippen LogP contribution is -2.42. The summed E-state index contributed by atoms with van der Waals surface area (Å²) < 4.78 is 5.02. The van der Waals surface area contributed by atoms with Gasteiger partial charge in [0.2, 0.25) is 5.13 Å². The number of carbonyl (C=O) groups is 1. The molecule has 2 aromatic carbocycles. The van der Waals surface area contributed by atoms with Gasteiger partial charge in [0.1, 0.15) is 4.88 Å². The lowest BCUT2D eigenvalue weighted by Gasteiger charge is -2.39. The minimum Gasteiger partial charge on any atom is -0.462 e. The molecule has 0 radical (unpaired) electrons. The Balaban J connectivity index is 1.68. The molecule has 2 N–H and O–H groups in total. The topological polar surface area (TPSA) is 92.7 Å². The van der Waals surface area contributed by atoms with Gasteiger partial charge in [-0.15, -0.1) is 0 Å². The zero-order chi connectivity index (χ0) is 25.7. The second-order valence-corrected chi connectivity index (χ2v) is 10.2. The maximum absolute atomic E-state index is 12.1. The fourth-order valence-electron chi connectivity index (χ4n) is 4.32. The SMILES string of the molecule is CCOC(=O)c1cc(=O)nc(N/N=C2/CC(c3ccc(Cl)cc3)NC(c3ccc(Cl)cc3)C2CC)s1. The average molecular weight is 545 g/mol. The lowest BCUT2D eigenvalue weighted by molar-refractivity contribution is 0.0531. The number of hydrogen-bond donors (Lipinski definition) is 2. The Hall–Kier alpha value is -2.78. The van der Waals surface area contributed by atoms with Gasteiger partial charge in [0.25, 0.3) is 5.56 Å². The number of piperidine rings is 1. The molecule has 36 heavy (non-hydrogen) atoms. The zero-order valence-electron chi connectivity index (χ0n) is 19.8. The maximum atomic E-state index is 12.1. The van der Waals surface area contributed by atoms with E-state index in [2.05, 4.69) is 22.7 Å². The van der Waals surface area contributed by atoms with Crippen molar-refractivity contribution in [3.8, 4) is 0 Å². The van der Waals surface area contributed by atoms with E-state index in [4.69, 9.17) is 33.0 Å². The van der Waals surface area contributed by atoms with Crippen LogP contribution in [0.1, 0.15) is 59.6 Å². The molecular formula is C26H26Cl2N4O3S. The van der Waals surface area contributed by atoms with Crippen molar-refractivity contribution in [2.45, 2.75) is 38.8 Å². The van der Waals surface area contributed by atoms with Gasteiger partial charge in [-0.1, -0.05) is 65.7 Å². The number of nitrogens with one attached hydrogen (secondary N) is 2. The molecule has 4 rings (SSSR count). The van der Waals surface area contributed by atoms with E-state index in [1.165, 1.54) is 6.07 Å². The van der Waals surface area contributed by atoms with E-state index in [1.807, 2.05) is 48.5 Å². The fourth-order valence-corrected chi connectivity index (χ4v) is 5.31. The minimum absolute atomic E-state index is 0.0103. The van der Waals surface area contributed by atoms with Crippen LogP contribution in [-0.4, -0.2) is 23.3 Å². The molecule has 1 aromatic heterocycles. The van der Waals surface area contributed by atoms with Crippen LogP contribution >= 0.6 is 34.5 Å². The summed E-state index contributed by atoms with van der Waals surface area (Å²) in [7, 11) is 0. The number of aromatic nitrogens is 1. The first-order valence-electron chi connectivity index (χ1n) is 11.7. The van der Waals surface area contributed by atoms with Gasteiger partial charge in [0.15, 0.2) is 0 Å². The molecule has 3 aromatic rings. The first kappa shape index (κ1) is 26.3. The van der Waals surface area contributed by atoms with Crippen LogP contribution in [0.15, 0.2) is 64.5 Å². The molecule has 0 aliphatic carbocycles. The zero-order valence-corrected chi connectivity index (χ0v) is 22.2. The molecule has 1 fully saturated rings. The normalized spacial score (nSPS) is 20.8. The molecule has 10 heteroatoms. The largest absolute Gasteiger partial charge is 0.462 e. The summed E-state index contributed by atoms with van der Waals surface area (Å²) in [5.41, 5.74) is 5.53. The number of benzene rings is 2. The van der Waals surface area contributed by atoms with Crippen LogP contribution in [0.3, 0.4) is 0 Å². The quantitative estimate of drug-likeness (QED) is 0.269. The summed E-state index contributed by atoms with van der Waals surface area (Å²) in [5, 5.41) is 10.1. The first-order valence-corrected chi connectivity index (χ1v) is 13.2. The van der Waals surface area contributed by atoms with Gasteiger partial charge >= 0.3 is 5.97 Å². The number of halogens is 2. The van der Waals surface area contributed by atoms with Crippen molar-refractivity contribution < 1.29 is 9.53 Å². The van der Waals surface area contributed by atoms with Crippen LogP contribution in [0.25, 0.3) is 0 Å². The highest BCUT2D eigenvalue weighted by molar-refractivity contribution is 7.17. The van der Waals surface area contributed by atoms with E-state index in [-0.39, 0.29) is 34.6 Å². The number of esters is 1. The summed E-state index contributed by atoms with van der Waals surface area (Å²) in [6.07, 6.45) is 1.48. The highest BCUT2D eigenvalue weighted by Crippen LogP contribution is 2.38. The molecule has 1 aliphatic heterocycles. The van der Waals surface area contributed by atoms with E-state index in [9.17, 15) is 9.59 Å². The van der Waals surface area contributed by atoms with Crippen LogP contribution in [0.4, 0.5) is 5.13 Å². The summed E-state index contributed by atoms with van der Waals surface area (Å²) in [5.74, 6) is -0.483. The lowest BCUT2D eigenvalue weighted by atomic mass is 9.79. The van der Waals surface area contributed by atoms with Gasteiger partial charge in [0, 0.05) is 46.2 Å². The first-order chi connectivity index (χ1) is 17.4. The Kier molecular flexibility index (Phi) is 8.74. The third-order valence-corrected chi connectivity index (χ3v) is 7.39. The average Bonchev–Trinajstić information content (AvgIpc) is 2.87. The van der Waals surface area contributed by atoms with Gasteiger partial charge in [-0.05, 0) is 48.7 Å². The number of rotatable bonds is 7. The highest BCUT2D eigenvalue weighted by atomic mass is 35.5. The molecule has 3 atom stereocenters. The molecule has 0 saturated carbocycles. The fraction of sp³-hybridized carbons (Fsp3) is 0.308. The standard InChI is InChI=1S/C26H26Cl2N4O3S/c1-3-19-21(31-32-26-30-23(33)14-22(36-26)25(34)35-4-2)13-20(15-5-9-17(27)10-6-15)29-24(19)16-7-11-18(28)12-8-16/h5-12,14,19-20,24,29H,3-4,13H2,1-2H3,(H,30,32,33)/b31-21-. The predicted octanol–water partition coefficient (Wildman–Crippen LogP) is 6.26. The van der Waals surface area contributed by atoms with Crippen molar-refractivity contribution >= 4 is 51.4 Å². The molecular weight excluding hydrogens is 519 g/mol. The van der Waals surface area contributed by atoms with Crippen LogP contribution in [-0.2, 0) is 4.74 Å². The number of anilines is 1. The van der Waals surface area contributed by atoms with Crippen LogP contribution in [0.2, 0.25) is 10.0 Å². The molecule has 0 bridgehead atoms. The molecule has 3 unspecified atom stereocenters. The van der Waals surface area contributed by atoms with Crippen molar-refractivity contribution in [3.63, 3.8) is 0 Å². The second kappa shape index (κ2) is 12.0. The Bertz CT molecular complexity index is 1300. The van der Waals surface area contributed by atoms with Crippen molar-refractivity contribution in [2.75, 3.05) is 12.0 Å². The van der Waals surface area contributed by atoms with Crippen LogP contribution in [0.5, 0.6) is 0 Å². The molecule has 0 spiro atoms. The summed E-state index contributed by atoms with van der Waals surface area (Å²) in [6, 6.07) is 16.7. The van der Waals surface area contributed by atoms with Crippen LogP contribution < -0.4 is 16.3 Å².